The first-order valence-corrected chi connectivity index (χ1v) is 6.58. The number of nitrogens with two attached hydrogens (primary N) is 1. The molecule has 0 aliphatic carbocycles. The summed E-state index contributed by atoms with van der Waals surface area (Å²) in [5, 5.41) is 0.841. The smallest absolute Gasteiger partial charge is 0.0455 e. The first kappa shape index (κ1) is 12.7. The summed E-state index contributed by atoms with van der Waals surface area (Å²) in [7, 11) is 0. The van der Waals surface area contributed by atoms with Crippen molar-refractivity contribution in [3.05, 3.63) is 28.8 Å². The maximum absolute atomic E-state index is 6.20. The number of rotatable bonds is 1. The maximum atomic E-state index is 6.20. The van der Waals surface area contributed by atoms with Gasteiger partial charge in [0.2, 0.25) is 0 Å². The lowest BCUT2D eigenvalue weighted by Gasteiger charge is -2.47. The zero-order valence-electron chi connectivity index (χ0n) is 10.8. The average molecular weight is 253 g/mol. The molecule has 3 heteroatoms. The Hall–Kier alpha value is -0.730. The molecule has 1 aromatic carbocycles. The molecule has 1 heterocycles. The van der Waals surface area contributed by atoms with Crippen LogP contribution in [0, 0.1) is 6.92 Å². The van der Waals surface area contributed by atoms with Crippen LogP contribution >= 0.6 is 11.6 Å². The Kier molecular flexibility index (Phi) is 3.37. The average Bonchev–Trinajstić information content (AvgIpc) is 2.22. The fourth-order valence-electron chi connectivity index (χ4n) is 2.79. The van der Waals surface area contributed by atoms with Crippen molar-refractivity contribution < 1.29 is 0 Å². The van der Waals surface area contributed by atoms with Gasteiger partial charge in [-0.1, -0.05) is 17.7 Å². The van der Waals surface area contributed by atoms with Crippen LogP contribution in [-0.4, -0.2) is 18.1 Å². The zero-order chi connectivity index (χ0) is 12.6. The molecule has 0 bridgehead atoms. The first-order chi connectivity index (χ1) is 7.92. The molecule has 2 rings (SSSR count). The van der Waals surface area contributed by atoms with Gasteiger partial charge in [-0.3, -0.25) is 0 Å². The van der Waals surface area contributed by atoms with Crippen LogP contribution < -0.4 is 10.6 Å². The van der Waals surface area contributed by atoms with Crippen molar-refractivity contribution in [3.8, 4) is 0 Å². The van der Waals surface area contributed by atoms with Gasteiger partial charge in [-0.15, -0.1) is 0 Å². The number of benzene rings is 1. The maximum Gasteiger partial charge on any atom is 0.0455 e. The van der Waals surface area contributed by atoms with Gasteiger partial charge in [0, 0.05) is 28.8 Å². The number of anilines is 1. The molecule has 0 spiro atoms. The summed E-state index contributed by atoms with van der Waals surface area (Å²) in [4.78, 5) is 2.44. The molecule has 17 heavy (non-hydrogen) atoms. The van der Waals surface area contributed by atoms with E-state index in [1.165, 1.54) is 5.69 Å². The molecule has 2 N–H and O–H groups in total. The van der Waals surface area contributed by atoms with E-state index in [1.807, 2.05) is 12.1 Å². The molecule has 0 amide bonds. The standard InChI is InChI=1S/C14H21ClN2/c1-10-12(15)5-4-6-13(10)17-8-7-11(16)9-14(17,2)3/h4-6,11H,7-9,16H2,1-3H3. The van der Waals surface area contributed by atoms with E-state index < -0.39 is 0 Å². The summed E-state index contributed by atoms with van der Waals surface area (Å²) in [5.41, 5.74) is 8.58. The van der Waals surface area contributed by atoms with Gasteiger partial charge in [0.05, 0.1) is 0 Å². The molecule has 1 fully saturated rings. The van der Waals surface area contributed by atoms with E-state index in [0.717, 1.165) is 30.0 Å². The van der Waals surface area contributed by atoms with Crippen molar-refractivity contribution in [3.63, 3.8) is 0 Å². The van der Waals surface area contributed by atoms with Gasteiger partial charge in [-0.05, 0) is 51.3 Å². The topological polar surface area (TPSA) is 29.3 Å². The Morgan fingerprint density at radius 3 is 2.76 bits per heavy atom. The summed E-state index contributed by atoms with van der Waals surface area (Å²) < 4.78 is 0. The summed E-state index contributed by atoms with van der Waals surface area (Å²) >= 11 is 6.20. The van der Waals surface area contributed by atoms with Crippen molar-refractivity contribution in [2.75, 3.05) is 11.4 Å². The predicted molar refractivity (Wildman–Crippen MR) is 74.8 cm³/mol. The summed E-state index contributed by atoms with van der Waals surface area (Å²) in [5.74, 6) is 0. The van der Waals surface area contributed by atoms with E-state index in [1.54, 1.807) is 0 Å². The second-order valence-corrected chi connectivity index (χ2v) is 6.01. The Balaban J connectivity index is 2.36. The van der Waals surface area contributed by atoms with Crippen LogP contribution in [0.3, 0.4) is 0 Å². The van der Waals surface area contributed by atoms with Gasteiger partial charge in [-0.25, -0.2) is 0 Å². The van der Waals surface area contributed by atoms with Crippen molar-refractivity contribution in [2.24, 2.45) is 5.73 Å². The highest BCUT2D eigenvalue weighted by atomic mass is 35.5. The fraction of sp³-hybridized carbons (Fsp3) is 0.571. The van der Waals surface area contributed by atoms with Crippen molar-refractivity contribution in [1.29, 1.82) is 0 Å². The second-order valence-electron chi connectivity index (χ2n) is 5.60. The number of piperidine rings is 1. The van der Waals surface area contributed by atoms with Gasteiger partial charge < -0.3 is 10.6 Å². The van der Waals surface area contributed by atoms with Crippen LogP contribution in [0.25, 0.3) is 0 Å². The Labute approximate surface area is 109 Å². The molecule has 1 aliphatic rings. The van der Waals surface area contributed by atoms with Crippen LogP contribution in [-0.2, 0) is 0 Å². The van der Waals surface area contributed by atoms with Crippen LogP contribution in [0.15, 0.2) is 18.2 Å². The first-order valence-electron chi connectivity index (χ1n) is 6.20. The number of halogens is 1. The van der Waals surface area contributed by atoms with Crippen molar-refractivity contribution in [1.82, 2.24) is 0 Å². The van der Waals surface area contributed by atoms with Crippen molar-refractivity contribution in [2.45, 2.75) is 45.2 Å². The van der Waals surface area contributed by atoms with Gasteiger partial charge in [0.25, 0.3) is 0 Å². The van der Waals surface area contributed by atoms with Crippen LogP contribution in [0.5, 0.6) is 0 Å². The molecule has 0 saturated carbocycles. The van der Waals surface area contributed by atoms with E-state index in [9.17, 15) is 0 Å². The lowest BCUT2D eigenvalue weighted by atomic mass is 9.86. The number of nitrogens with zero attached hydrogens (tertiary/aromatic N) is 1. The molecule has 1 unspecified atom stereocenters. The molecule has 2 nitrogen and oxygen atoms in total. The van der Waals surface area contributed by atoms with Gasteiger partial charge in [0.15, 0.2) is 0 Å². The minimum Gasteiger partial charge on any atom is -0.366 e. The van der Waals surface area contributed by atoms with Crippen LogP contribution in [0.1, 0.15) is 32.3 Å². The third-order valence-corrected chi connectivity index (χ3v) is 4.16. The van der Waals surface area contributed by atoms with E-state index in [0.29, 0.717) is 6.04 Å². The highest BCUT2D eigenvalue weighted by molar-refractivity contribution is 6.31. The molecule has 94 valence electrons. The molecule has 1 saturated heterocycles. The summed E-state index contributed by atoms with van der Waals surface area (Å²) in [6.45, 7) is 7.61. The van der Waals surface area contributed by atoms with Crippen molar-refractivity contribution >= 4 is 17.3 Å². The lowest BCUT2D eigenvalue weighted by Crippen LogP contribution is -2.53. The van der Waals surface area contributed by atoms with Gasteiger partial charge in [-0.2, -0.15) is 0 Å². The highest BCUT2D eigenvalue weighted by Crippen LogP contribution is 2.35. The van der Waals surface area contributed by atoms with Crippen LogP contribution in [0.2, 0.25) is 5.02 Å². The number of hydrogen-bond donors (Lipinski definition) is 1. The summed E-state index contributed by atoms with van der Waals surface area (Å²) in [6.07, 6.45) is 2.08. The largest absolute Gasteiger partial charge is 0.366 e. The molecule has 1 aliphatic heterocycles. The molecule has 0 radical (unpaired) electrons. The minimum absolute atomic E-state index is 0.104. The quantitative estimate of drug-likeness (QED) is 0.831. The normalized spacial score (nSPS) is 23.8. The monoisotopic (exact) mass is 252 g/mol. The van der Waals surface area contributed by atoms with E-state index in [-0.39, 0.29) is 5.54 Å². The van der Waals surface area contributed by atoms with E-state index >= 15 is 0 Å². The molecule has 1 atom stereocenters. The zero-order valence-corrected chi connectivity index (χ0v) is 11.6. The molecule has 0 aromatic heterocycles. The van der Waals surface area contributed by atoms with E-state index in [4.69, 9.17) is 17.3 Å². The Bertz CT molecular complexity index is 415. The number of hydrogen-bond acceptors (Lipinski definition) is 2. The predicted octanol–water partition coefficient (Wildman–Crippen LogP) is 3.35. The Morgan fingerprint density at radius 2 is 2.12 bits per heavy atom. The second kappa shape index (κ2) is 4.51. The van der Waals surface area contributed by atoms with Gasteiger partial charge in [0.1, 0.15) is 0 Å². The summed E-state index contributed by atoms with van der Waals surface area (Å²) in [6, 6.07) is 6.44. The third-order valence-electron chi connectivity index (χ3n) is 3.75. The lowest BCUT2D eigenvalue weighted by molar-refractivity contribution is 0.327. The fourth-order valence-corrected chi connectivity index (χ4v) is 2.96. The van der Waals surface area contributed by atoms with Gasteiger partial charge >= 0.3 is 0 Å². The SMILES string of the molecule is Cc1c(Cl)cccc1N1CCC(N)CC1(C)C. The molecule has 1 aromatic rings. The van der Waals surface area contributed by atoms with Crippen LogP contribution in [0.4, 0.5) is 5.69 Å². The molecular formula is C14H21ClN2. The molecular weight excluding hydrogens is 232 g/mol. The minimum atomic E-state index is 0.104. The third kappa shape index (κ3) is 2.43. The highest BCUT2D eigenvalue weighted by Gasteiger charge is 2.34. The van der Waals surface area contributed by atoms with E-state index in [2.05, 4.69) is 31.7 Å². The Morgan fingerprint density at radius 1 is 1.41 bits per heavy atom.